The molecule has 1 aliphatic heterocycles. The van der Waals surface area contributed by atoms with E-state index in [4.69, 9.17) is 4.98 Å². The van der Waals surface area contributed by atoms with Gasteiger partial charge in [0.05, 0.1) is 17.1 Å². The SMILES string of the molecule is CCC(CC)C(=O)N1CC(n2c(C(C)C)nc3ccccc32)C1. The number of benzene rings is 1. The van der Waals surface area contributed by atoms with Gasteiger partial charge in [-0.1, -0.05) is 39.8 Å². The first-order chi connectivity index (χ1) is 11.1. The van der Waals surface area contributed by atoms with Crippen LogP contribution in [0.4, 0.5) is 0 Å². The van der Waals surface area contributed by atoms with Crippen LogP contribution in [-0.4, -0.2) is 33.4 Å². The number of rotatable bonds is 5. The van der Waals surface area contributed by atoms with Crippen LogP contribution in [0.1, 0.15) is 58.3 Å². The van der Waals surface area contributed by atoms with Crippen LogP contribution < -0.4 is 0 Å². The summed E-state index contributed by atoms with van der Waals surface area (Å²) in [6.07, 6.45) is 1.86. The van der Waals surface area contributed by atoms with Crippen LogP contribution in [0.2, 0.25) is 0 Å². The van der Waals surface area contributed by atoms with E-state index in [1.165, 1.54) is 5.52 Å². The van der Waals surface area contributed by atoms with E-state index in [0.29, 0.717) is 17.9 Å². The van der Waals surface area contributed by atoms with Gasteiger partial charge in [-0.2, -0.15) is 0 Å². The summed E-state index contributed by atoms with van der Waals surface area (Å²) in [5.74, 6) is 2.01. The summed E-state index contributed by atoms with van der Waals surface area (Å²) in [6, 6.07) is 8.67. The van der Waals surface area contributed by atoms with Gasteiger partial charge in [0, 0.05) is 24.9 Å². The molecular weight excluding hydrogens is 286 g/mol. The third-order valence-electron chi connectivity index (χ3n) is 5.01. The lowest BCUT2D eigenvalue weighted by molar-refractivity contribution is -0.141. The molecule has 0 saturated carbocycles. The number of hydrogen-bond donors (Lipinski definition) is 0. The van der Waals surface area contributed by atoms with Crippen LogP contribution >= 0.6 is 0 Å². The predicted octanol–water partition coefficient (Wildman–Crippen LogP) is 3.98. The van der Waals surface area contributed by atoms with Gasteiger partial charge < -0.3 is 9.47 Å². The van der Waals surface area contributed by atoms with Gasteiger partial charge in [-0.25, -0.2) is 4.98 Å². The molecule has 4 nitrogen and oxygen atoms in total. The van der Waals surface area contributed by atoms with Crippen molar-refractivity contribution in [3.05, 3.63) is 30.1 Å². The van der Waals surface area contributed by atoms with Gasteiger partial charge in [0.25, 0.3) is 0 Å². The van der Waals surface area contributed by atoms with Gasteiger partial charge in [-0.3, -0.25) is 4.79 Å². The van der Waals surface area contributed by atoms with E-state index in [-0.39, 0.29) is 5.92 Å². The highest BCUT2D eigenvalue weighted by Gasteiger charge is 2.36. The Balaban J connectivity index is 1.83. The third kappa shape index (κ3) is 2.75. The van der Waals surface area contributed by atoms with Crippen LogP contribution in [0.5, 0.6) is 0 Å². The average Bonchev–Trinajstić information content (AvgIpc) is 2.87. The fraction of sp³-hybridized carbons (Fsp3) is 0.579. The molecule has 1 aliphatic rings. The van der Waals surface area contributed by atoms with Crippen molar-refractivity contribution in [1.82, 2.24) is 14.5 Å². The quantitative estimate of drug-likeness (QED) is 0.837. The number of imidazole rings is 1. The molecule has 1 amide bonds. The largest absolute Gasteiger partial charge is 0.338 e. The molecule has 0 atom stereocenters. The van der Waals surface area contributed by atoms with E-state index in [1.807, 2.05) is 11.0 Å². The van der Waals surface area contributed by atoms with Crippen molar-refractivity contribution >= 4 is 16.9 Å². The van der Waals surface area contributed by atoms with Crippen LogP contribution in [0.3, 0.4) is 0 Å². The first-order valence-corrected chi connectivity index (χ1v) is 8.82. The fourth-order valence-corrected chi connectivity index (χ4v) is 3.55. The molecule has 1 aromatic carbocycles. The van der Waals surface area contributed by atoms with Crippen LogP contribution in [0.25, 0.3) is 11.0 Å². The highest BCUT2D eigenvalue weighted by molar-refractivity contribution is 5.80. The first-order valence-electron chi connectivity index (χ1n) is 8.82. The van der Waals surface area contributed by atoms with E-state index < -0.39 is 0 Å². The minimum atomic E-state index is 0.181. The topological polar surface area (TPSA) is 38.1 Å². The second kappa shape index (κ2) is 6.34. The molecule has 0 bridgehead atoms. The Kier molecular flexibility index (Phi) is 4.42. The first kappa shape index (κ1) is 16.0. The van der Waals surface area contributed by atoms with Gasteiger partial charge in [-0.05, 0) is 25.0 Å². The molecule has 1 aromatic heterocycles. The maximum atomic E-state index is 12.5. The summed E-state index contributed by atoms with van der Waals surface area (Å²) in [4.78, 5) is 19.3. The lowest BCUT2D eigenvalue weighted by Crippen LogP contribution is -2.52. The van der Waals surface area contributed by atoms with Crippen LogP contribution in [-0.2, 0) is 4.79 Å². The Morgan fingerprint density at radius 2 is 1.87 bits per heavy atom. The number of carbonyl (C=O) groups is 1. The summed E-state index contributed by atoms with van der Waals surface area (Å²) in [5.41, 5.74) is 2.25. The van der Waals surface area contributed by atoms with Gasteiger partial charge in [0.1, 0.15) is 5.82 Å². The predicted molar refractivity (Wildman–Crippen MR) is 93.5 cm³/mol. The summed E-state index contributed by atoms with van der Waals surface area (Å²) in [5, 5.41) is 0. The molecule has 0 spiro atoms. The molecular formula is C19H27N3O. The van der Waals surface area contributed by atoms with Crippen molar-refractivity contribution in [3.63, 3.8) is 0 Å². The summed E-state index contributed by atoms with van der Waals surface area (Å²) >= 11 is 0. The van der Waals surface area contributed by atoms with Crippen LogP contribution in [0, 0.1) is 5.92 Å². The van der Waals surface area contributed by atoms with Crippen molar-refractivity contribution in [1.29, 1.82) is 0 Å². The average molecular weight is 313 g/mol. The maximum absolute atomic E-state index is 12.5. The summed E-state index contributed by atoms with van der Waals surface area (Å²) < 4.78 is 2.36. The number of amides is 1. The normalized spacial score (nSPS) is 15.7. The number of para-hydroxylation sites is 2. The second-order valence-corrected chi connectivity index (χ2v) is 6.89. The number of fused-ring (bicyclic) bond motifs is 1. The number of aromatic nitrogens is 2. The molecule has 2 aromatic rings. The minimum absolute atomic E-state index is 0.181. The molecule has 3 rings (SSSR count). The number of carbonyl (C=O) groups excluding carboxylic acids is 1. The second-order valence-electron chi connectivity index (χ2n) is 6.89. The van der Waals surface area contributed by atoms with Crippen molar-refractivity contribution in [2.75, 3.05) is 13.1 Å². The lowest BCUT2D eigenvalue weighted by Gasteiger charge is -2.42. The number of likely N-dealkylation sites (tertiary alicyclic amines) is 1. The molecule has 23 heavy (non-hydrogen) atoms. The fourth-order valence-electron chi connectivity index (χ4n) is 3.55. The summed E-state index contributed by atoms with van der Waals surface area (Å²) in [6.45, 7) is 10.2. The molecule has 2 heterocycles. The monoisotopic (exact) mass is 313 g/mol. The smallest absolute Gasteiger partial charge is 0.225 e. The van der Waals surface area contributed by atoms with E-state index >= 15 is 0 Å². The standard InChI is InChI=1S/C19H27N3O/c1-5-14(6-2)19(23)21-11-15(12-21)22-17-10-8-7-9-16(17)20-18(22)13(3)4/h7-10,13-15H,5-6,11-12H2,1-4H3. The Bertz CT molecular complexity index is 694. The molecule has 1 fully saturated rings. The minimum Gasteiger partial charge on any atom is -0.338 e. The van der Waals surface area contributed by atoms with Crippen molar-refractivity contribution in [2.45, 2.75) is 52.5 Å². The molecule has 0 aliphatic carbocycles. The van der Waals surface area contributed by atoms with Gasteiger partial charge in [-0.15, -0.1) is 0 Å². The van der Waals surface area contributed by atoms with Gasteiger partial charge in [0.2, 0.25) is 5.91 Å². The summed E-state index contributed by atoms with van der Waals surface area (Å²) in [7, 11) is 0. The van der Waals surface area contributed by atoms with Crippen LogP contribution in [0.15, 0.2) is 24.3 Å². The third-order valence-corrected chi connectivity index (χ3v) is 5.01. The Hall–Kier alpha value is -1.84. The highest BCUT2D eigenvalue weighted by Crippen LogP contribution is 2.32. The van der Waals surface area contributed by atoms with Crippen molar-refractivity contribution in [2.24, 2.45) is 5.92 Å². The maximum Gasteiger partial charge on any atom is 0.225 e. The highest BCUT2D eigenvalue weighted by atomic mass is 16.2. The number of nitrogens with zero attached hydrogens (tertiary/aromatic N) is 3. The Morgan fingerprint density at radius 1 is 1.22 bits per heavy atom. The number of hydrogen-bond acceptors (Lipinski definition) is 2. The molecule has 0 N–H and O–H groups in total. The Labute approximate surface area is 138 Å². The van der Waals surface area contributed by atoms with Gasteiger partial charge >= 0.3 is 0 Å². The Morgan fingerprint density at radius 3 is 2.48 bits per heavy atom. The van der Waals surface area contributed by atoms with E-state index in [9.17, 15) is 4.79 Å². The van der Waals surface area contributed by atoms with E-state index in [2.05, 4.69) is 50.5 Å². The zero-order valence-corrected chi connectivity index (χ0v) is 14.6. The van der Waals surface area contributed by atoms with Gasteiger partial charge in [0.15, 0.2) is 0 Å². The van der Waals surface area contributed by atoms with Crippen molar-refractivity contribution in [3.8, 4) is 0 Å². The zero-order valence-electron chi connectivity index (χ0n) is 14.6. The zero-order chi connectivity index (χ0) is 16.6. The van der Waals surface area contributed by atoms with Crippen molar-refractivity contribution < 1.29 is 4.79 Å². The molecule has 0 unspecified atom stereocenters. The molecule has 4 heteroatoms. The lowest BCUT2D eigenvalue weighted by atomic mass is 9.98. The molecule has 1 saturated heterocycles. The molecule has 0 radical (unpaired) electrons. The molecule has 124 valence electrons. The van der Waals surface area contributed by atoms with E-state index in [0.717, 1.165) is 37.3 Å². The van der Waals surface area contributed by atoms with E-state index in [1.54, 1.807) is 0 Å².